The van der Waals surface area contributed by atoms with Crippen molar-refractivity contribution in [1.29, 1.82) is 0 Å². The van der Waals surface area contributed by atoms with Crippen molar-refractivity contribution in [3.8, 4) is 0 Å². The summed E-state index contributed by atoms with van der Waals surface area (Å²) in [7, 11) is 0. The third-order valence-corrected chi connectivity index (χ3v) is 4.27. The largest absolute Gasteiger partial charge is 0.416 e. The number of carbonyl (C=O) groups excluding carboxylic acids is 2. The van der Waals surface area contributed by atoms with Crippen LogP contribution in [0.1, 0.15) is 17.5 Å². The number of hydrogen-bond acceptors (Lipinski definition) is 3. The molecule has 2 rings (SSSR count). The maximum Gasteiger partial charge on any atom is 0.416 e. The number of urea groups is 1. The lowest BCUT2D eigenvalue weighted by atomic mass is 10.1. The molecule has 1 aromatic rings. The van der Waals surface area contributed by atoms with Crippen LogP contribution in [0.3, 0.4) is 0 Å². The fourth-order valence-corrected chi connectivity index (χ4v) is 2.89. The predicted molar refractivity (Wildman–Crippen MR) is 77.3 cm³/mol. The van der Waals surface area contributed by atoms with Crippen LogP contribution in [0, 0.1) is 0 Å². The highest BCUT2D eigenvalue weighted by Crippen LogP contribution is 2.29. The minimum Gasteiger partial charge on any atom is -0.329 e. The first-order valence-electron chi connectivity index (χ1n) is 6.70. The molecule has 0 aliphatic carbocycles. The fourth-order valence-electron chi connectivity index (χ4n) is 1.99. The van der Waals surface area contributed by atoms with Crippen LogP contribution in [0.5, 0.6) is 0 Å². The molecule has 3 amide bonds. The Morgan fingerprint density at radius 1 is 1.18 bits per heavy atom. The Morgan fingerprint density at radius 2 is 1.86 bits per heavy atom. The van der Waals surface area contributed by atoms with E-state index in [0.717, 1.165) is 23.4 Å². The van der Waals surface area contributed by atoms with Gasteiger partial charge < -0.3 is 5.32 Å². The van der Waals surface area contributed by atoms with E-state index in [2.05, 4.69) is 5.32 Å². The van der Waals surface area contributed by atoms with E-state index in [0.29, 0.717) is 18.7 Å². The molecule has 1 fully saturated rings. The molecule has 1 N–H and O–H groups in total. The summed E-state index contributed by atoms with van der Waals surface area (Å²) in [5, 5.41) is 2.44. The highest BCUT2D eigenvalue weighted by atomic mass is 32.2. The number of imide groups is 1. The molecule has 0 spiro atoms. The average molecular weight is 332 g/mol. The molecule has 0 bridgehead atoms. The van der Waals surface area contributed by atoms with Crippen molar-refractivity contribution < 1.29 is 22.8 Å². The summed E-state index contributed by atoms with van der Waals surface area (Å²) in [6, 6.07) is 4.71. The van der Waals surface area contributed by atoms with Gasteiger partial charge in [0.1, 0.15) is 0 Å². The Balaban J connectivity index is 1.68. The molecule has 1 heterocycles. The zero-order valence-electron chi connectivity index (χ0n) is 11.7. The number of alkyl halides is 3. The monoisotopic (exact) mass is 332 g/mol. The summed E-state index contributed by atoms with van der Waals surface area (Å²) in [4.78, 5) is 23.8. The average Bonchev–Trinajstić information content (AvgIpc) is 2.78. The second kappa shape index (κ2) is 7.04. The van der Waals surface area contributed by atoms with Crippen molar-refractivity contribution >= 4 is 23.7 Å². The minimum atomic E-state index is -4.31. The van der Waals surface area contributed by atoms with Crippen molar-refractivity contribution in [3.63, 3.8) is 0 Å². The molecular weight excluding hydrogens is 317 g/mol. The molecule has 0 atom stereocenters. The smallest absolute Gasteiger partial charge is 0.329 e. The van der Waals surface area contributed by atoms with Gasteiger partial charge in [-0.25, -0.2) is 4.79 Å². The first kappa shape index (κ1) is 16.7. The van der Waals surface area contributed by atoms with Crippen LogP contribution >= 0.6 is 11.8 Å². The molecule has 0 radical (unpaired) electrons. The molecule has 4 nitrogen and oxygen atoms in total. The van der Waals surface area contributed by atoms with Gasteiger partial charge in [0.25, 0.3) is 0 Å². The van der Waals surface area contributed by atoms with Crippen LogP contribution in [0.4, 0.5) is 18.0 Å². The van der Waals surface area contributed by atoms with Gasteiger partial charge in [-0.15, -0.1) is 0 Å². The van der Waals surface area contributed by atoms with E-state index in [1.807, 2.05) is 0 Å². The van der Waals surface area contributed by atoms with Crippen LogP contribution in [-0.4, -0.2) is 35.7 Å². The summed E-state index contributed by atoms with van der Waals surface area (Å²) < 4.78 is 37.2. The number of nitrogens with one attached hydrogen (secondary N) is 1. The first-order valence-corrected chi connectivity index (χ1v) is 7.85. The third kappa shape index (κ3) is 4.40. The molecule has 1 aliphatic rings. The number of halogens is 3. The SMILES string of the molecule is O=C1CNC(=O)N1CCCSCc1ccc(C(F)(F)F)cc1. The Morgan fingerprint density at radius 3 is 2.41 bits per heavy atom. The Labute approximate surface area is 130 Å². The summed E-state index contributed by atoms with van der Waals surface area (Å²) in [6.07, 6.45) is -3.65. The molecule has 0 saturated carbocycles. The van der Waals surface area contributed by atoms with Crippen LogP contribution in [0.15, 0.2) is 24.3 Å². The van der Waals surface area contributed by atoms with Crippen molar-refractivity contribution in [3.05, 3.63) is 35.4 Å². The molecule has 1 aliphatic heterocycles. The van der Waals surface area contributed by atoms with Crippen molar-refractivity contribution in [2.24, 2.45) is 0 Å². The van der Waals surface area contributed by atoms with Gasteiger partial charge in [0.15, 0.2) is 0 Å². The van der Waals surface area contributed by atoms with Gasteiger partial charge in [-0.05, 0) is 29.9 Å². The molecule has 8 heteroatoms. The topological polar surface area (TPSA) is 49.4 Å². The van der Waals surface area contributed by atoms with E-state index < -0.39 is 11.7 Å². The molecule has 1 saturated heterocycles. The Kier molecular flexibility index (Phi) is 5.33. The first-order chi connectivity index (χ1) is 10.4. The van der Waals surface area contributed by atoms with Gasteiger partial charge >= 0.3 is 12.2 Å². The van der Waals surface area contributed by atoms with Gasteiger partial charge in [0.2, 0.25) is 5.91 Å². The Bertz CT molecular complexity index is 530. The van der Waals surface area contributed by atoms with Crippen molar-refractivity contribution in [1.82, 2.24) is 10.2 Å². The fraction of sp³-hybridized carbons (Fsp3) is 0.429. The van der Waals surface area contributed by atoms with Crippen LogP contribution in [-0.2, 0) is 16.7 Å². The van der Waals surface area contributed by atoms with Gasteiger partial charge in [0.05, 0.1) is 12.1 Å². The van der Waals surface area contributed by atoms with Crippen molar-refractivity contribution in [2.75, 3.05) is 18.8 Å². The third-order valence-electron chi connectivity index (χ3n) is 3.16. The number of thioether (sulfide) groups is 1. The number of rotatable bonds is 6. The second-order valence-electron chi connectivity index (χ2n) is 4.80. The summed E-state index contributed by atoms with van der Waals surface area (Å²) >= 11 is 1.55. The van der Waals surface area contributed by atoms with E-state index in [4.69, 9.17) is 0 Å². The number of carbonyl (C=O) groups is 2. The van der Waals surface area contributed by atoms with E-state index in [9.17, 15) is 22.8 Å². The van der Waals surface area contributed by atoms with Crippen LogP contribution in [0.2, 0.25) is 0 Å². The molecule has 1 aromatic carbocycles. The lowest BCUT2D eigenvalue weighted by Gasteiger charge is -2.11. The normalized spacial score (nSPS) is 15.3. The van der Waals surface area contributed by atoms with E-state index >= 15 is 0 Å². The Hall–Kier alpha value is -1.70. The maximum atomic E-state index is 12.4. The van der Waals surface area contributed by atoms with Gasteiger partial charge in [-0.1, -0.05) is 12.1 Å². The minimum absolute atomic E-state index is 0.0531. The lowest BCUT2D eigenvalue weighted by Crippen LogP contribution is -2.32. The summed E-state index contributed by atoms with van der Waals surface area (Å²) in [6.45, 7) is 0.419. The quantitative estimate of drug-likeness (QED) is 0.644. The maximum absolute atomic E-state index is 12.4. The lowest BCUT2D eigenvalue weighted by molar-refractivity contribution is -0.137. The highest BCUT2D eigenvalue weighted by Gasteiger charge is 2.30. The zero-order chi connectivity index (χ0) is 16.2. The van der Waals surface area contributed by atoms with Gasteiger partial charge in [0, 0.05) is 12.3 Å². The summed E-state index contributed by atoms with van der Waals surface area (Å²) in [5.74, 6) is 1.09. The number of amides is 3. The van der Waals surface area contributed by atoms with Crippen LogP contribution in [0.25, 0.3) is 0 Å². The van der Waals surface area contributed by atoms with E-state index in [-0.39, 0.29) is 18.5 Å². The molecule has 0 aromatic heterocycles. The summed E-state index contributed by atoms with van der Waals surface area (Å²) in [5.41, 5.74) is 0.160. The predicted octanol–water partition coefficient (Wildman–Crippen LogP) is 2.88. The van der Waals surface area contributed by atoms with Gasteiger partial charge in [-0.2, -0.15) is 24.9 Å². The molecule has 22 heavy (non-hydrogen) atoms. The zero-order valence-corrected chi connectivity index (χ0v) is 12.5. The standard InChI is InChI=1S/C14H15F3N2O2S/c15-14(16,17)11-4-2-10(3-5-11)9-22-7-1-6-19-12(20)8-18-13(19)21/h2-5H,1,6-9H2,(H,18,21). The number of benzene rings is 1. The number of hydrogen-bond donors (Lipinski definition) is 1. The van der Waals surface area contributed by atoms with Crippen LogP contribution < -0.4 is 5.32 Å². The molecular formula is C14H15F3N2O2S. The van der Waals surface area contributed by atoms with E-state index in [1.165, 1.54) is 17.0 Å². The van der Waals surface area contributed by atoms with Gasteiger partial charge in [-0.3, -0.25) is 9.69 Å². The van der Waals surface area contributed by atoms with Crippen molar-refractivity contribution in [2.45, 2.75) is 18.3 Å². The molecule has 120 valence electrons. The highest BCUT2D eigenvalue weighted by molar-refractivity contribution is 7.98. The second-order valence-corrected chi connectivity index (χ2v) is 5.91. The molecule has 0 unspecified atom stereocenters. The van der Waals surface area contributed by atoms with E-state index in [1.54, 1.807) is 11.8 Å². The number of nitrogens with zero attached hydrogens (tertiary/aromatic N) is 1.